The predicted octanol–water partition coefficient (Wildman–Crippen LogP) is 2.77. The highest BCUT2D eigenvalue weighted by Gasteiger charge is 2.24. The minimum Gasteiger partial charge on any atom is -0.493 e. The standard InChI is InChI=1S/C15H24N2O2/c1-4-12(9-11-5-6-11)17-10-13-15(19-3)14(18-2)7-8-16-13/h7-8,11-12,17H,4-6,9-10H2,1-3H3. The van der Waals surface area contributed by atoms with Crippen LogP contribution in [-0.2, 0) is 6.54 Å². The van der Waals surface area contributed by atoms with Crippen molar-refractivity contribution in [2.24, 2.45) is 5.92 Å². The first kappa shape index (κ1) is 14.1. The van der Waals surface area contributed by atoms with Gasteiger partial charge in [0.05, 0.1) is 19.9 Å². The van der Waals surface area contributed by atoms with E-state index in [0.29, 0.717) is 6.04 Å². The summed E-state index contributed by atoms with van der Waals surface area (Å²) >= 11 is 0. The summed E-state index contributed by atoms with van der Waals surface area (Å²) in [5.41, 5.74) is 0.913. The number of methoxy groups -OCH3 is 2. The summed E-state index contributed by atoms with van der Waals surface area (Å²) in [7, 11) is 3.31. The molecule has 0 aliphatic heterocycles. The number of hydrogen-bond donors (Lipinski definition) is 1. The van der Waals surface area contributed by atoms with Crippen LogP contribution in [0, 0.1) is 5.92 Å². The number of pyridine rings is 1. The van der Waals surface area contributed by atoms with Crippen LogP contribution in [0.4, 0.5) is 0 Å². The minimum absolute atomic E-state index is 0.574. The fourth-order valence-corrected chi connectivity index (χ4v) is 2.37. The van der Waals surface area contributed by atoms with Gasteiger partial charge in [-0.2, -0.15) is 0 Å². The largest absolute Gasteiger partial charge is 0.493 e. The molecule has 2 rings (SSSR count). The molecule has 1 aromatic rings. The fourth-order valence-electron chi connectivity index (χ4n) is 2.37. The quantitative estimate of drug-likeness (QED) is 0.784. The number of hydrogen-bond acceptors (Lipinski definition) is 4. The van der Waals surface area contributed by atoms with Crippen molar-refractivity contribution in [3.8, 4) is 11.5 Å². The first-order chi connectivity index (χ1) is 9.28. The van der Waals surface area contributed by atoms with E-state index in [1.54, 1.807) is 20.4 Å². The zero-order valence-corrected chi connectivity index (χ0v) is 12.1. The molecule has 1 N–H and O–H groups in total. The van der Waals surface area contributed by atoms with E-state index in [0.717, 1.165) is 36.1 Å². The van der Waals surface area contributed by atoms with E-state index in [1.165, 1.54) is 19.3 Å². The fraction of sp³-hybridized carbons (Fsp3) is 0.667. The van der Waals surface area contributed by atoms with E-state index < -0.39 is 0 Å². The Bertz CT molecular complexity index is 405. The smallest absolute Gasteiger partial charge is 0.183 e. The first-order valence-electron chi connectivity index (χ1n) is 7.07. The summed E-state index contributed by atoms with van der Waals surface area (Å²) in [6.07, 6.45) is 7.00. The molecule has 1 unspecified atom stereocenters. The first-order valence-corrected chi connectivity index (χ1v) is 7.07. The molecule has 1 aromatic heterocycles. The van der Waals surface area contributed by atoms with E-state index in [-0.39, 0.29) is 0 Å². The van der Waals surface area contributed by atoms with Gasteiger partial charge >= 0.3 is 0 Å². The Labute approximate surface area is 115 Å². The van der Waals surface area contributed by atoms with Gasteiger partial charge in [-0.15, -0.1) is 0 Å². The van der Waals surface area contributed by atoms with E-state index in [4.69, 9.17) is 9.47 Å². The van der Waals surface area contributed by atoms with Gasteiger partial charge in [0.25, 0.3) is 0 Å². The molecule has 0 bridgehead atoms. The summed E-state index contributed by atoms with van der Waals surface area (Å²) in [5, 5.41) is 3.59. The monoisotopic (exact) mass is 264 g/mol. The van der Waals surface area contributed by atoms with Gasteiger partial charge in [-0.1, -0.05) is 19.8 Å². The Morgan fingerprint density at radius 2 is 2.16 bits per heavy atom. The maximum atomic E-state index is 5.40. The van der Waals surface area contributed by atoms with Crippen molar-refractivity contribution in [1.29, 1.82) is 0 Å². The summed E-state index contributed by atoms with van der Waals surface area (Å²) in [4.78, 5) is 4.39. The third-order valence-corrected chi connectivity index (χ3v) is 3.73. The van der Waals surface area contributed by atoms with Crippen LogP contribution in [-0.4, -0.2) is 25.2 Å². The zero-order chi connectivity index (χ0) is 13.7. The highest BCUT2D eigenvalue weighted by Crippen LogP contribution is 2.34. The molecule has 0 saturated heterocycles. The molecule has 0 aromatic carbocycles. The lowest BCUT2D eigenvalue weighted by Crippen LogP contribution is -2.29. The predicted molar refractivity (Wildman–Crippen MR) is 75.6 cm³/mol. The van der Waals surface area contributed by atoms with Crippen LogP contribution < -0.4 is 14.8 Å². The lowest BCUT2D eigenvalue weighted by molar-refractivity contribution is 0.345. The number of rotatable bonds is 8. The molecule has 0 radical (unpaired) electrons. The van der Waals surface area contributed by atoms with Crippen molar-refractivity contribution in [2.75, 3.05) is 14.2 Å². The minimum atomic E-state index is 0.574. The Hall–Kier alpha value is -1.29. The van der Waals surface area contributed by atoms with Gasteiger partial charge in [0.2, 0.25) is 0 Å². The molecule has 1 heterocycles. The lowest BCUT2D eigenvalue weighted by atomic mass is 10.1. The third-order valence-electron chi connectivity index (χ3n) is 3.73. The number of nitrogens with zero attached hydrogens (tertiary/aromatic N) is 1. The van der Waals surface area contributed by atoms with E-state index in [1.807, 2.05) is 6.07 Å². The van der Waals surface area contributed by atoms with Crippen molar-refractivity contribution < 1.29 is 9.47 Å². The molecule has 19 heavy (non-hydrogen) atoms. The highest BCUT2D eigenvalue weighted by molar-refractivity contribution is 5.42. The second kappa shape index (κ2) is 6.75. The molecule has 0 spiro atoms. The Morgan fingerprint density at radius 3 is 2.74 bits per heavy atom. The van der Waals surface area contributed by atoms with Crippen LogP contribution in [0.1, 0.15) is 38.3 Å². The molecule has 1 saturated carbocycles. The molecule has 106 valence electrons. The number of ether oxygens (including phenoxy) is 2. The normalized spacial score (nSPS) is 16.2. The van der Waals surface area contributed by atoms with Crippen LogP contribution in [0.3, 0.4) is 0 Å². The van der Waals surface area contributed by atoms with E-state index in [2.05, 4.69) is 17.2 Å². The van der Waals surface area contributed by atoms with Crippen LogP contribution in [0.15, 0.2) is 12.3 Å². The van der Waals surface area contributed by atoms with Crippen molar-refractivity contribution >= 4 is 0 Å². The van der Waals surface area contributed by atoms with Crippen LogP contribution in [0.5, 0.6) is 11.5 Å². The SMILES string of the molecule is CCC(CC1CC1)NCc1nccc(OC)c1OC. The highest BCUT2D eigenvalue weighted by atomic mass is 16.5. The Morgan fingerprint density at radius 1 is 1.37 bits per heavy atom. The van der Waals surface area contributed by atoms with Crippen molar-refractivity contribution in [3.05, 3.63) is 18.0 Å². The molecule has 1 fully saturated rings. The van der Waals surface area contributed by atoms with Gasteiger partial charge < -0.3 is 14.8 Å². The molecule has 0 amide bonds. The van der Waals surface area contributed by atoms with Gasteiger partial charge in [-0.25, -0.2) is 0 Å². The molecule has 1 aliphatic rings. The second-order valence-corrected chi connectivity index (χ2v) is 5.16. The molecule has 4 heteroatoms. The van der Waals surface area contributed by atoms with E-state index >= 15 is 0 Å². The van der Waals surface area contributed by atoms with Crippen LogP contribution in [0.2, 0.25) is 0 Å². The zero-order valence-electron chi connectivity index (χ0n) is 12.1. The van der Waals surface area contributed by atoms with Crippen molar-refractivity contribution in [2.45, 2.75) is 45.2 Å². The van der Waals surface area contributed by atoms with Gasteiger partial charge in [-0.3, -0.25) is 4.98 Å². The summed E-state index contributed by atoms with van der Waals surface area (Å²) < 4.78 is 10.7. The van der Waals surface area contributed by atoms with Gasteiger partial charge in [-0.05, 0) is 18.8 Å². The average Bonchev–Trinajstić information content (AvgIpc) is 3.26. The third kappa shape index (κ3) is 3.83. The molecule has 1 aliphatic carbocycles. The van der Waals surface area contributed by atoms with Crippen LogP contribution in [0.25, 0.3) is 0 Å². The lowest BCUT2D eigenvalue weighted by Gasteiger charge is -2.18. The van der Waals surface area contributed by atoms with Crippen molar-refractivity contribution in [3.63, 3.8) is 0 Å². The molecule has 1 atom stereocenters. The molecular weight excluding hydrogens is 240 g/mol. The van der Waals surface area contributed by atoms with Gasteiger partial charge in [0, 0.05) is 24.8 Å². The summed E-state index contributed by atoms with van der Waals surface area (Å²) in [6, 6.07) is 2.40. The summed E-state index contributed by atoms with van der Waals surface area (Å²) in [6.45, 7) is 2.96. The maximum absolute atomic E-state index is 5.40. The molecule has 4 nitrogen and oxygen atoms in total. The number of nitrogens with one attached hydrogen (secondary N) is 1. The topological polar surface area (TPSA) is 43.4 Å². The van der Waals surface area contributed by atoms with Gasteiger partial charge in [0.15, 0.2) is 11.5 Å². The van der Waals surface area contributed by atoms with Crippen LogP contribution >= 0.6 is 0 Å². The average molecular weight is 264 g/mol. The van der Waals surface area contributed by atoms with Gasteiger partial charge in [0.1, 0.15) is 0 Å². The molecular formula is C15H24N2O2. The van der Waals surface area contributed by atoms with E-state index in [9.17, 15) is 0 Å². The maximum Gasteiger partial charge on any atom is 0.183 e. The Balaban J connectivity index is 1.97. The van der Waals surface area contributed by atoms with Crippen molar-refractivity contribution in [1.82, 2.24) is 10.3 Å². The second-order valence-electron chi connectivity index (χ2n) is 5.16. The Kier molecular flexibility index (Phi) is 5.02. The number of aromatic nitrogens is 1. The summed E-state index contributed by atoms with van der Waals surface area (Å²) in [5.74, 6) is 2.42.